The van der Waals surface area contributed by atoms with Crippen LogP contribution in [-0.2, 0) is 13.3 Å². The van der Waals surface area contributed by atoms with Gasteiger partial charge < -0.3 is 13.3 Å². The molecule has 0 saturated carbocycles. The third-order valence-corrected chi connectivity index (χ3v) is 8.98. The molecule has 0 aliphatic carbocycles. The summed E-state index contributed by atoms with van der Waals surface area (Å²) in [6, 6.07) is 0. The summed E-state index contributed by atoms with van der Waals surface area (Å²) in [5.41, 5.74) is 0.152. The maximum absolute atomic E-state index is 6.12. The van der Waals surface area contributed by atoms with E-state index >= 15 is 0 Å². The van der Waals surface area contributed by atoms with Crippen molar-refractivity contribution in [3.05, 3.63) is 0 Å². The van der Waals surface area contributed by atoms with E-state index in [4.69, 9.17) is 13.3 Å². The predicted octanol–water partition coefficient (Wildman–Crippen LogP) is 4.64. The van der Waals surface area contributed by atoms with Crippen LogP contribution in [0, 0.1) is 5.41 Å². The number of hydrogen-bond donors (Lipinski definition) is 0. The second kappa shape index (κ2) is 7.77. The second-order valence-corrected chi connectivity index (χ2v) is 8.98. The van der Waals surface area contributed by atoms with E-state index in [1.54, 1.807) is 0 Å². The van der Waals surface area contributed by atoms with Gasteiger partial charge in [-0.1, -0.05) is 47.5 Å². The van der Waals surface area contributed by atoms with Crippen LogP contribution in [0.25, 0.3) is 0 Å². The first-order valence-electron chi connectivity index (χ1n) is 7.72. The van der Waals surface area contributed by atoms with Crippen molar-refractivity contribution >= 4 is 8.80 Å². The van der Waals surface area contributed by atoms with Crippen LogP contribution >= 0.6 is 0 Å². The topological polar surface area (TPSA) is 27.7 Å². The Kier molecular flexibility index (Phi) is 7.81. The van der Waals surface area contributed by atoms with Crippen LogP contribution in [0.2, 0.25) is 5.04 Å². The summed E-state index contributed by atoms with van der Waals surface area (Å²) in [7, 11) is -2.70. The summed E-state index contributed by atoms with van der Waals surface area (Å²) >= 11 is 0. The summed E-state index contributed by atoms with van der Waals surface area (Å²) in [5.74, 6) is 0. The molecule has 0 fully saturated rings. The molecule has 19 heavy (non-hydrogen) atoms. The summed E-state index contributed by atoms with van der Waals surface area (Å²) in [5, 5.41) is -0.106. The molecule has 0 aromatic carbocycles. The fourth-order valence-corrected chi connectivity index (χ4v) is 6.31. The molecule has 0 aliphatic heterocycles. The van der Waals surface area contributed by atoms with Crippen LogP contribution in [-0.4, -0.2) is 28.6 Å². The lowest BCUT2D eigenvalue weighted by Gasteiger charge is -2.51. The smallest absolute Gasteiger partial charge is 0.373 e. The lowest BCUT2D eigenvalue weighted by molar-refractivity contribution is 0.0156. The van der Waals surface area contributed by atoms with Crippen molar-refractivity contribution in [2.45, 2.75) is 73.3 Å². The van der Waals surface area contributed by atoms with Crippen molar-refractivity contribution in [3.8, 4) is 0 Å². The lowest BCUT2D eigenvalue weighted by atomic mass is 9.74. The highest BCUT2D eigenvalue weighted by Gasteiger charge is 2.62. The first-order valence-corrected chi connectivity index (χ1v) is 9.45. The minimum atomic E-state index is -2.70. The van der Waals surface area contributed by atoms with Crippen LogP contribution < -0.4 is 0 Å². The normalized spacial score (nSPS) is 13.9. The Balaban J connectivity index is 5.64. The Morgan fingerprint density at radius 2 is 1.00 bits per heavy atom. The Bertz CT molecular complexity index is 233. The Morgan fingerprint density at radius 3 is 1.21 bits per heavy atom. The van der Waals surface area contributed by atoms with Gasteiger partial charge in [0.15, 0.2) is 0 Å². The van der Waals surface area contributed by atoms with Crippen LogP contribution in [0.4, 0.5) is 0 Å². The van der Waals surface area contributed by atoms with Gasteiger partial charge in [-0.05, 0) is 26.2 Å². The quantitative estimate of drug-likeness (QED) is 0.548. The Labute approximate surface area is 121 Å². The van der Waals surface area contributed by atoms with Crippen LogP contribution in [0.5, 0.6) is 0 Å². The van der Waals surface area contributed by atoms with E-state index in [2.05, 4.69) is 34.6 Å². The highest BCUT2D eigenvalue weighted by Crippen LogP contribution is 2.56. The van der Waals surface area contributed by atoms with Gasteiger partial charge in [-0.3, -0.25) is 0 Å². The van der Waals surface area contributed by atoms with Gasteiger partial charge in [0.25, 0.3) is 0 Å². The molecule has 0 atom stereocenters. The van der Waals surface area contributed by atoms with Gasteiger partial charge in [0.1, 0.15) is 0 Å². The molecule has 0 radical (unpaired) electrons. The van der Waals surface area contributed by atoms with Gasteiger partial charge in [-0.2, -0.15) is 0 Å². The molecule has 0 saturated heterocycles. The average Bonchev–Trinajstić information content (AvgIpc) is 2.38. The first-order chi connectivity index (χ1) is 8.80. The molecule has 0 rings (SSSR count). The molecule has 4 heteroatoms. The maximum Gasteiger partial charge on any atom is 0.507 e. The summed E-state index contributed by atoms with van der Waals surface area (Å²) in [4.78, 5) is 0. The third kappa shape index (κ3) is 3.60. The van der Waals surface area contributed by atoms with E-state index in [-0.39, 0.29) is 10.5 Å². The highest BCUT2D eigenvalue weighted by atomic mass is 28.4. The minimum absolute atomic E-state index is 0.106. The van der Waals surface area contributed by atoms with Crippen LogP contribution in [0.3, 0.4) is 0 Å². The summed E-state index contributed by atoms with van der Waals surface area (Å²) in [6.07, 6.45) is 2.19. The van der Waals surface area contributed by atoms with Crippen LogP contribution in [0.15, 0.2) is 0 Å². The lowest BCUT2D eigenvalue weighted by Crippen LogP contribution is -2.59. The molecule has 0 spiro atoms. The molecule has 0 bridgehead atoms. The molecule has 0 aromatic rings. The second-order valence-electron chi connectivity index (χ2n) is 5.75. The average molecular weight is 291 g/mol. The fraction of sp³-hybridized carbons (Fsp3) is 1.00. The van der Waals surface area contributed by atoms with Gasteiger partial charge in [-0.25, -0.2) is 0 Å². The molecule has 0 aromatic heterocycles. The van der Waals surface area contributed by atoms with E-state index in [9.17, 15) is 0 Å². The maximum atomic E-state index is 6.12. The number of rotatable bonds is 10. The Hall–Kier alpha value is 0.0969. The van der Waals surface area contributed by atoms with Crippen molar-refractivity contribution in [1.82, 2.24) is 0 Å². The van der Waals surface area contributed by atoms with E-state index in [0.29, 0.717) is 19.8 Å². The van der Waals surface area contributed by atoms with Gasteiger partial charge >= 0.3 is 8.80 Å². The molecule has 0 heterocycles. The van der Waals surface area contributed by atoms with Crippen molar-refractivity contribution in [2.75, 3.05) is 19.8 Å². The zero-order valence-electron chi connectivity index (χ0n) is 14.3. The largest absolute Gasteiger partial charge is 0.507 e. The van der Waals surface area contributed by atoms with Crippen molar-refractivity contribution in [2.24, 2.45) is 5.41 Å². The van der Waals surface area contributed by atoms with Gasteiger partial charge in [0.05, 0.1) is 0 Å². The standard InChI is InChI=1S/C15H34O3Si/c1-9-15(8,10-2)14(6,7)19(16-11-3,17-12-4)18-13-5/h9-13H2,1-8H3. The molecule has 0 unspecified atom stereocenters. The van der Waals surface area contributed by atoms with Gasteiger partial charge in [-0.15, -0.1) is 0 Å². The van der Waals surface area contributed by atoms with E-state index in [1.807, 2.05) is 20.8 Å². The van der Waals surface area contributed by atoms with E-state index < -0.39 is 8.80 Å². The minimum Gasteiger partial charge on any atom is -0.373 e. The SMILES string of the molecule is CCO[Si](OCC)(OCC)C(C)(C)C(C)(CC)CC. The van der Waals surface area contributed by atoms with Crippen LogP contribution in [0.1, 0.15) is 68.2 Å². The predicted molar refractivity (Wildman–Crippen MR) is 83.4 cm³/mol. The zero-order valence-corrected chi connectivity index (χ0v) is 15.3. The Morgan fingerprint density at radius 1 is 0.684 bits per heavy atom. The molecule has 0 N–H and O–H groups in total. The number of hydrogen-bond acceptors (Lipinski definition) is 3. The molecule has 0 aliphatic rings. The fourth-order valence-electron chi connectivity index (χ4n) is 2.74. The monoisotopic (exact) mass is 290 g/mol. The van der Waals surface area contributed by atoms with Gasteiger partial charge in [0, 0.05) is 24.9 Å². The van der Waals surface area contributed by atoms with E-state index in [1.165, 1.54) is 0 Å². The van der Waals surface area contributed by atoms with Crippen molar-refractivity contribution < 1.29 is 13.3 Å². The molecule has 3 nitrogen and oxygen atoms in total. The summed E-state index contributed by atoms with van der Waals surface area (Å²) < 4.78 is 18.4. The summed E-state index contributed by atoms with van der Waals surface area (Å²) in [6.45, 7) is 19.3. The molecular weight excluding hydrogens is 256 g/mol. The third-order valence-electron chi connectivity index (χ3n) is 4.84. The van der Waals surface area contributed by atoms with Crippen molar-refractivity contribution in [3.63, 3.8) is 0 Å². The molecule has 116 valence electrons. The first kappa shape index (κ1) is 19.1. The van der Waals surface area contributed by atoms with Gasteiger partial charge in [0.2, 0.25) is 0 Å². The van der Waals surface area contributed by atoms with Crippen molar-refractivity contribution in [1.29, 1.82) is 0 Å². The van der Waals surface area contributed by atoms with E-state index in [0.717, 1.165) is 12.8 Å². The molecule has 0 amide bonds. The molecular formula is C15H34O3Si. The highest BCUT2D eigenvalue weighted by molar-refractivity contribution is 6.64. The zero-order chi connectivity index (χ0) is 15.2.